The van der Waals surface area contributed by atoms with Crippen molar-refractivity contribution in [3.63, 3.8) is 0 Å². The molecule has 2 atom stereocenters. The Bertz CT molecular complexity index is 255. The van der Waals surface area contributed by atoms with E-state index in [2.05, 4.69) is 11.0 Å². The van der Waals surface area contributed by atoms with E-state index >= 15 is 0 Å². The number of hydrogen-bond donors (Lipinski definition) is 1. The van der Waals surface area contributed by atoms with Crippen molar-refractivity contribution < 1.29 is 5.11 Å². The van der Waals surface area contributed by atoms with Crippen molar-refractivity contribution in [3.05, 3.63) is 0 Å². The Morgan fingerprint density at radius 2 is 2.00 bits per heavy atom. The molecule has 0 aromatic rings. The van der Waals surface area contributed by atoms with Gasteiger partial charge in [-0.2, -0.15) is 5.26 Å². The van der Waals surface area contributed by atoms with Crippen molar-refractivity contribution in [3.8, 4) is 6.07 Å². The second-order valence-electron chi connectivity index (χ2n) is 5.26. The van der Waals surface area contributed by atoms with Gasteiger partial charge in [0, 0.05) is 25.6 Å². The summed E-state index contributed by atoms with van der Waals surface area (Å²) in [5.74, 6) is 0.768. The maximum absolute atomic E-state index is 9.78. The Morgan fingerprint density at radius 3 is 2.69 bits per heavy atom. The van der Waals surface area contributed by atoms with Gasteiger partial charge in [0.05, 0.1) is 12.2 Å². The number of nitrogens with zero attached hydrogens (tertiary/aromatic N) is 2. The highest BCUT2D eigenvalue weighted by Crippen LogP contribution is 2.34. The van der Waals surface area contributed by atoms with Crippen molar-refractivity contribution in [1.82, 2.24) is 4.90 Å². The van der Waals surface area contributed by atoms with Gasteiger partial charge in [-0.3, -0.25) is 4.90 Å². The van der Waals surface area contributed by atoms with Crippen LogP contribution in [0.5, 0.6) is 0 Å². The van der Waals surface area contributed by atoms with Crippen molar-refractivity contribution in [2.75, 3.05) is 13.1 Å². The zero-order chi connectivity index (χ0) is 11.4. The van der Waals surface area contributed by atoms with Gasteiger partial charge in [0.25, 0.3) is 0 Å². The van der Waals surface area contributed by atoms with E-state index in [1.165, 1.54) is 32.1 Å². The Labute approximate surface area is 98.1 Å². The van der Waals surface area contributed by atoms with Crippen molar-refractivity contribution in [2.45, 2.75) is 57.1 Å². The molecule has 2 rings (SSSR count). The standard InChI is InChI=1S/C13H22N2O/c14-7-4-8-15-10-12(16)9-13(15)11-5-2-1-3-6-11/h11-13,16H,1-6,8-10H2/t12-,13-/m1/s1. The number of aliphatic hydroxyl groups excluding tert-OH is 1. The van der Waals surface area contributed by atoms with Crippen molar-refractivity contribution in [2.24, 2.45) is 5.92 Å². The zero-order valence-electron chi connectivity index (χ0n) is 9.94. The minimum absolute atomic E-state index is 0.161. The largest absolute Gasteiger partial charge is 0.392 e. The molecule has 0 spiro atoms. The van der Waals surface area contributed by atoms with Crippen LogP contribution in [0.4, 0.5) is 0 Å². The van der Waals surface area contributed by atoms with Crippen LogP contribution in [0.3, 0.4) is 0 Å². The molecule has 0 amide bonds. The molecule has 0 aromatic carbocycles. The fourth-order valence-electron chi connectivity index (χ4n) is 3.37. The summed E-state index contributed by atoms with van der Waals surface area (Å²) in [4.78, 5) is 2.35. The lowest BCUT2D eigenvalue weighted by Crippen LogP contribution is -2.37. The van der Waals surface area contributed by atoms with Gasteiger partial charge >= 0.3 is 0 Å². The summed E-state index contributed by atoms with van der Waals surface area (Å²) in [5, 5.41) is 18.4. The summed E-state index contributed by atoms with van der Waals surface area (Å²) in [6.45, 7) is 1.62. The highest BCUT2D eigenvalue weighted by molar-refractivity contribution is 4.91. The first-order valence-corrected chi connectivity index (χ1v) is 6.60. The lowest BCUT2D eigenvalue weighted by molar-refractivity contribution is 0.156. The summed E-state index contributed by atoms with van der Waals surface area (Å²) in [7, 11) is 0. The van der Waals surface area contributed by atoms with Crippen molar-refractivity contribution >= 4 is 0 Å². The minimum Gasteiger partial charge on any atom is -0.392 e. The van der Waals surface area contributed by atoms with Gasteiger partial charge in [-0.15, -0.1) is 0 Å². The maximum Gasteiger partial charge on any atom is 0.0682 e. The molecular weight excluding hydrogens is 200 g/mol. The van der Waals surface area contributed by atoms with Crippen LogP contribution in [0.2, 0.25) is 0 Å². The average molecular weight is 222 g/mol. The Hall–Kier alpha value is -0.590. The van der Waals surface area contributed by atoms with E-state index in [1.54, 1.807) is 0 Å². The Kier molecular flexibility index (Phi) is 4.20. The van der Waals surface area contributed by atoms with E-state index in [-0.39, 0.29) is 6.10 Å². The number of rotatable bonds is 3. The molecule has 0 radical (unpaired) electrons. The van der Waals surface area contributed by atoms with Gasteiger partial charge < -0.3 is 5.11 Å². The third-order valence-electron chi connectivity index (χ3n) is 4.13. The molecule has 1 aliphatic heterocycles. The number of aliphatic hydroxyl groups is 1. The Balaban J connectivity index is 1.91. The molecule has 3 heteroatoms. The number of hydrogen-bond acceptors (Lipinski definition) is 3. The first-order chi connectivity index (χ1) is 7.81. The van der Waals surface area contributed by atoms with Gasteiger partial charge in [0.1, 0.15) is 0 Å². The second kappa shape index (κ2) is 5.65. The molecule has 2 aliphatic rings. The van der Waals surface area contributed by atoms with Crippen molar-refractivity contribution in [1.29, 1.82) is 5.26 Å². The number of likely N-dealkylation sites (tertiary alicyclic amines) is 1. The van der Waals surface area contributed by atoms with Crippen LogP contribution in [0.25, 0.3) is 0 Å². The van der Waals surface area contributed by atoms with Gasteiger partial charge in [-0.1, -0.05) is 19.3 Å². The molecule has 1 heterocycles. The quantitative estimate of drug-likeness (QED) is 0.793. The Morgan fingerprint density at radius 1 is 1.25 bits per heavy atom. The summed E-state index contributed by atoms with van der Waals surface area (Å²) in [6.07, 6.45) is 8.08. The normalized spacial score (nSPS) is 32.8. The summed E-state index contributed by atoms with van der Waals surface area (Å²) >= 11 is 0. The molecular formula is C13H22N2O. The van der Waals surface area contributed by atoms with Gasteiger partial charge in [0.15, 0.2) is 0 Å². The lowest BCUT2D eigenvalue weighted by atomic mass is 9.83. The average Bonchev–Trinajstić information content (AvgIpc) is 2.69. The topological polar surface area (TPSA) is 47.3 Å². The van der Waals surface area contributed by atoms with Crippen LogP contribution in [0, 0.1) is 17.2 Å². The zero-order valence-corrected chi connectivity index (χ0v) is 9.94. The van der Waals surface area contributed by atoms with E-state index in [0.717, 1.165) is 25.4 Å². The SMILES string of the molecule is N#CCCN1C[C@H](O)C[C@@H]1C1CCCCC1. The van der Waals surface area contributed by atoms with E-state index in [0.29, 0.717) is 12.5 Å². The van der Waals surface area contributed by atoms with Crippen LogP contribution in [-0.4, -0.2) is 35.2 Å². The van der Waals surface area contributed by atoms with Gasteiger partial charge in [0.2, 0.25) is 0 Å². The van der Waals surface area contributed by atoms with Gasteiger partial charge in [-0.05, 0) is 25.2 Å². The summed E-state index contributed by atoms with van der Waals surface area (Å²) < 4.78 is 0. The molecule has 2 fully saturated rings. The molecule has 1 aliphatic carbocycles. The monoisotopic (exact) mass is 222 g/mol. The first kappa shape index (κ1) is 11.9. The third-order valence-corrected chi connectivity index (χ3v) is 4.13. The fourth-order valence-corrected chi connectivity index (χ4v) is 3.37. The molecule has 1 saturated carbocycles. The molecule has 3 nitrogen and oxygen atoms in total. The van der Waals surface area contributed by atoms with E-state index in [9.17, 15) is 5.11 Å². The fraction of sp³-hybridized carbons (Fsp3) is 0.923. The highest BCUT2D eigenvalue weighted by atomic mass is 16.3. The smallest absolute Gasteiger partial charge is 0.0682 e. The van der Waals surface area contributed by atoms with Crippen LogP contribution in [0.15, 0.2) is 0 Å². The number of nitriles is 1. The molecule has 1 saturated heterocycles. The van der Waals surface area contributed by atoms with Crippen LogP contribution in [-0.2, 0) is 0 Å². The predicted octanol–water partition coefficient (Wildman–Crippen LogP) is 1.92. The van der Waals surface area contributed by atoms with E-state index in [1.807, 2.05) is 0 Å². The van der Waals surface area contributed by atoms with Crippen LogP contribution < -0.4 is 0 Å². The minimum atomic E-state index is -0.161. The summed E-state index contributed by atoms with van der Waals surface area (Å²) in [5.41, 5.74) is 0. The van der Waals surface area contributed by atoms with Crippen LogP contribution in [0.1, 0.15) is 44.9 Å². The molecule has 1 N–H and O–H groups in total. The third kappa shape index (κ3) is 2.75. The lowest BCUT2D eigenvalue weighted by Gasteiger charge is -2.33. The molecule has 0 unspecified atom stereocenters. The van der Waals surface area contributed by atoms with E-state index in [4.69, 9.17) is 5.26 Å². The maximum atomic E-state index is 9.78. The first-order valence-electron chi connectivity index (χ1n) is 6.60. The molecule has 16 heavy (non-hydrogen) atoms. The molecule has 0 aromatic heterocycles. The summed E-state index contributed by atoms with van der Waals surface area (Å²) in [6, 6.07) is 2.75. The molecule has 0 bridgehead atoms. The highest BCUT2D eigenvalue weighted by Gasteiger charge is 2.36. The van der Waals surface area contributed by atoms with E-state index < -0.39 is 0 Å². The second-order valence-corrected chi connectivity index (χ2v) is 5.26. The molecule has 90 valence electrons. The number of β-amino-alcohol motifs (C(OH)–C–C–N with tert-alkyl or cyclic N) is 1. The van der Waals surface area contributed by atoms with Gasteiger partial charge in [-0.25, -0.2) is 0 Å². The predicted molar refractivity (Wildman–Crippen MR) is 62.8 cm³/mol. The van der Waals surface area contributed by atoms with Crippen LogP contribution >= 0.6 is 0 Å².